The molecule has 0 radical (unpaired) electrons. The van der Waals surface area contributed by atoms with E-state index in [2.05, 4.69) is 0 Å². The first-order chi connectivity index (χ1) is 16.3. The normalized spacial score (nSPS) is 17.5. The molecule has 1 aliphatic rings. The standard InChI is InChI=1S/C26H25ClN2O5/c1-17(2)28(25(30)31)16-23-24(18-6-4-3-5-7-18)29(26(32)34-23)20-10-14-22(15-11-20)33-21-12-8-19(27)9-13-21/h3-15,17,23-24H,16H2,1-2H3,(H,30,31)/t23-,24+/m1/s1. The largest absolute Gasteiger partial charge is 0.465 e. The van der Waals surface area contributed by atoms with Gasteiger partial charge in [-0.3, -0.25) is 4.90 Å². The van der Waals surface area contributed by atoms with Gasteiger partial charge in [-0.05, 0) is 67.9 Å². The lowest BCUT2D eigenvalue weighted by Crippen LogP contribution is -2.43. The van der Waals surface area contributed by atoms with Crippen LogP contribution in [-0.4, -0.2) is 40.9 Å². The maximum atomic E-state index is 13.0. The summed E-state index contributed by atoms with van der Waals surface area (Å²) in [4.78, 5) is 27.6. The van der Waals surface area contributed by atoms with Crippen molar-refractivity contribution in [1.29, 1.82) is 0 Å². The number of hydrogen-bond acceptors (Lipinski definition) is 4. The second-order valence-corrected chi connectivity index (χ2v) is 8.66. The number of cyclic esters (lactones) is 1. The van der Waals surface area contributed by atoms with Crippen LogP contribution in [0, 0.1) is 0 Å². The highest BCUT2D eigenvalue weighted by Gasteiger charge is 2.45. The van der Waals surface area contributed by atoms with E-state index in [1.54, 1.807) is 67.3 Å². The van der Waals surface area contributed by atoms with Gasteiger partial charge in [0.1, 0.15) is 23.6 Å². The smallest absolute Gasteiger partial charge is 0.415 e. The van der Waals surface area contributed by atoms with E-state index < -0.39 is 24.3 Å². The first kappa shape index (κ1) is 23.4. The molecule has 0 spiro atoms. The molecule has 176 valence electrons. The van der Waals surface area contributed by atoms with Crippen molar-refractivity contribution in [1.82, 2.24) is 4.90 Å². The minimum Gasteiger partial charge on any atom is -0.465 e. The Morgan fingerprint density at radius 1 is 1.03 bits per heavy atom. The molecular formula is C26H25ClN2O5. The maximum Gasteiger partial charge on any atom is 0.415 e. The summed E-state index contributed by atoms with van der Waals surface area (Å²) >= 11 is 5.92. The van der Waals surface area contributed by atoms with Crippen molar-refractivity contribution in [2.45, 2.75) is 32.0 Å². The summed E-state index contributed by atoms with van der Waals surface area (Å²) in [6.45, 7) is 3.64. The van der Waals surface area contributed by atoms with E-state index in [1.807, 2.05) is 30.3 Å². The molecule has 7 nitrogen and oxygen atoms in total. The number of ether oxygens (including phenoxy) is 2. The van der Waals surface area contributed by atoms with Crippen LogP contribution in [0.25, 0.3) is 0 Å². The predicted octanol–water partition coefficient (Wildman–Crippen LogP) is 6.59. The number of halogens is 1. The summed E-state index contributed by atoms with van der Waals surface area (Å²) in [6.07, 6.45) is -2.25. The van der Waals surface area contributed by atoms with Gasteiger partial charge in [0.05, 0.1) is 6.54 Å². The van der Waals surface area contributed by atoms with Gasteiger partial charge in [-0.1, -0.05) is 41.9 Å². The Bertz CT molecular complexity index is 1140. The van der Waals surface area contributed by atoms with Crippen molar-refractivity contribution in [3.63, 3.8) is 0 Å². The van der Waals surface area contributed by atoms with Gasteiger partial charge in [0.25, 0.3) is 0 Å². The first-order valence-electron chi connectivity index (χ1n) is 10.9. The molecule has 3 aromatic rings. The van der Waals surface area contributed by atoms with Crippen LogP contribution < -0.4 is 9.64 Å². The number of carboxylic acid groups (broad SMARTS) is 1. The van der Waals surface area contributed by atoms with Crippen molar-refractivity contribution in [3.8, 4) is 11.5 Å². The molecule has 0 unspecified atom stereocenters. The number of amides is 2. The third-order valence-electron chi connectivity index (χ3n) is 5.63. The van der Waals surface area contributed by atoms with Gasteiger partial charge in [0.2, 0.25) is 0 Å². The maximum absolute atomic E-state index is 13.0. The van der Waals surface area contributed by atoms with Gasteiger partial charge in [0, 0.05) is 16.8 Å². The third kappa shape index (κ3) is 5.10. The summed E-state index contributed by atoms with van der Waals surface area (Å²) in [6, 6.07) is 22.8. The van der Waals surface area contributed by atoms with Gasteiger partial charge in [-0.15, -0.1) is 0 Å². The van der Waals surface area contributed by atoms with Crippen LogP contribution in [0.1, 0.15) is 25.5 Å². The van der Waals surface area contributed by atoms with Crippen LogP contribution in [0.3, 0.4) is 0 Å². The van der Waals surface area contributed by atoms with Crippen LogP contribution in [-0.2, 0) is 4.74 Å². The van der Waals surface area contributed by atoms with Gasteiger partial charge in [0.15, 0.2) is 0 Å². The van der Waals surface area contributed by atoms with E-state index >= 15 is 0 Å². The molecule has 0 saturated carbocycles. The monoisotopic (exact) mass is 480 g/mol. The molecule has 34 heavy (non-hydrogen) atoms. The highest BCUT2D eigenvalue weighted by molar-refractivity contribution is 6.30. The van der Waals surface area contributed by atoms with E-state index in [4.69, 9.17) is 21.1 Å². The zero-order valence-electron chi connectivity index (χ0n) is 18.8. The molecular weight excluding hydrogens is 456 g/mol. The Balaban J connectivity index is 1.62. The SMILES string of the molecule is CC(C)N(C[C@H]1OC(=O)N(c2ccc(Oc3ccc(Cl)cc3)cc2)[C@H]1c1ccccc1)C(=O)O. The number of carbonyl (C=O) groups excluding carboxylic acids is 1. The summed E-state index contributed by atoms with van der Waals surface area (Å²) < 4.78 is 11.6. The summed E-state index contributed by atoms with van der Waals surface area (Å²) in [5, 5.41) is 10.2. The average Bonchev–Trinajstić information content (AvgIpc) is 3.15. The van der Waals surface area contributed by atoms with Crippen LogP contribution in [0.2, 0.25) is 5.02 Å². The molecule has 1 N–H and O–H groups in total. The van der Waals surface area contributed by atoms with Crippen molar-refractivity contribution in [3.05, 3.63) is 89.4 Å². The number of nitrogens with zero attached hydrogens (tertiary/aromatic N) is 2. The minimum absolute atomic E-state index is 0.0621. The lowest BCUT2D eigenvalue weighted by atomic mass is 9.99. The number of rotatable bonds is 7. The average molecular weight is 481 g/mol. The molecule has 1 saturated heterocycles. The number of carbonyl (C=O) groups is 2. The summed E-state index contributed by atoms with van der Waals surface area (Å²) in [5.74, 6) is 1.24. The molecule has 4 rings (SSSR count). The van der Waals surface area contributed by atoms with E-state index in [0.29, 0.717) is 22.2 Å². The van der Waals surface area contributed by atoms with Crippen LogP contribution in [0.4, 0.5) is 15.3 Å². The lowest BCUT2D eigenvalue weighted by Gasteiger charge is -2.30. The Labute approximate surface area is 203 Å². The lowest BCUT2D eigenvalue weighted by molar-refractivity contribution is 0.0769. The quantitative estimate of drug-likeness (QED) is 0.412. The molecule has 1 aliphatic heterocycles. The van der Waals surface area contributed by atoms with E-state index in [-0.39, 0.29) is 12.6 Å². The second kappa shape index (κ2) is 10.1. The zero-order valence-corrected chi connectivity index (χ0v) is 19.6. The minimum atomic E-state index is -1.06. The highest BCUT2D eigenvalue weighted by Crippen LogP contribution is 2.39. The van der Waals surface area contributed by atoms with E-state index in [1.165, 1.54) is 4.90 Å². The Kier molecular flexibility index (Phi) is 6.93. The Morgan fingerprint density at radius 3 is 2.18 bits per heavy atom. The topological polar surface area (TPSA) is 79.3 Å². The number of benzene rings is 3. The summed E-state index contributed by atoms with van der Waals surface area (Å²) in [7, 11) is 0. The molecule has 2 amide bonds. The van der Waals surface area contributed by atoms with Gasteiger partial charge >= 0.3 is 12.2 Å². The van der Waals surface area contributed by atoms with E-state index in [0.717, 1.165) is 5.56 Å². The Hall–Kier alpha value is -3.71. The molecule has 1 fully saturated rings. The van der Waals surface area contributed by atoms with Crippen LogP contribution >= 0.6 is 11.6 Å². The van der Waals surface area contributed by atoms with Gasteiger partial charge < -0.3 is 19.5 Å². The summed E-state index contributed by atoms with van der Waals surface area (Å²) in [5.41, 5.74) is 1.48. The molecule has 8 heteroatoms. The molecule has 0 aromatic heterocycles. The number of anilines is 1. The fourth-order valence-corrected chi connectivity index (χ4v) is 4.09. The number of hydrogen-bond donors (Lipinski definition) is 1. The second-order valence-electron chi connectivity index (χ2n) is 8.23. The molecule has 0 aliphatic carbocycles. The van der Waals surface area contributed by atoms with Crippen molar-refractivity contribution < 1.29 is 24.2 Å². The van der Waals surface area contributed by atoms with Crippen LogP contribution in [0.15, 0.2) is 78.9 Å². The highest BCUT2D eigenvalue weighted by atomic mass is 35.5. The van der Waals surface area contributed by atoms with Crippen LogP contribution in [0.5, 0.6) is 11.5 Å². The van der Waals surface area contributed by atoms with Gasteiger partial charge in [-0.25, -0.2) is 9.59 Å². The van der Waals surface area contributed by atoms with Crippen molar-refractivity contribution in [2.75, 3.05) is 11.4 Å². The van der Waals surface area contributed by atoms with Gasteiger partial charge in [-0.2, -0.15) is 0 Å². The molecule has 3 aromatic carbocycles. The fourth-order valence-electron chi connectivity index (χ4n) is 3.96. The molecule has 0 bridgehead atoms. The first-order valence-corrected chi connectivity index (χ1v) is 11.3. The third-order valence-corrected chi connectivity index (χ3v) is 5.88. The van der Waals surface area contributed by atoms with Crippen molar-refractivity contribution in [2.24, 2.45) is 0 Å². The molecule has 2 atom stereocenters. The zero-order chi connectivity index (χ0) is 24.2. The predicted molar refractivity (Wildman–Crippen MR) is 130 cm³/mol. The van der Waals surface area contributed by atoms with Crippen molar-refractivity contribution >= 4 is 29.5 Å². The molecule has 1 heterocycles. The van der Waals surface area contributed by atoms with E-state index in [9.17, 15) is 14.7 Å². The fraction of sp³-hybridized carbons (Fsp3) is 0.231. The Morgan fingerprint density at radius 2 is 1.62 bits per heavy atom.